The van der Waals surface area contributed by atoms with Crippen LogP contribution in [0, 0.1) is 0 Å². The van der Waals surface area contributed by atoms with Gasteiger partial charge in [0, 0.05) is 47.0 Å². The van der Waals surface area contributed by atoms with E-state index < -0.39 is 0 Å². The highest BCUT2D eigenvalue weighted by Gasteiger charge is 2.11. The molecule has 0 bridgehead atoms. The molecular formula is C21H15N3O2. The number of hydrogen-bond donors (Lipinski definition) is 1. The summed E-state index contributed by atoms with van der Waals surface area (Å²) < 4.78 is 0. The van der Waals surface area contributed by atoms with Gasteiger partial charge < -0.3 is 10.5 Å². The molecule has 0 saturated heterocycles. The van der Waals surface area contributed by atoms with Gasteiger partial charge in [-0.15, -0.1) is 0 Å². The summed E-state index contributed by atoms with van der Waals surface area (Å²) in [6.07, 6.45) is 7.09. The van der Waals surface area contributed by atoms with E-state index in [4.69, 9.17) is 0 Å². The Hall–Kier alpha value is -3.57. The van der Waals surface area contributed by atoms with Crippen molar-refractivity contribution in [1.82, 2.24) is 15.0 Å². The van der Waals surface area contributed by atoms with Crippen molar-refractivity contribution in [2.75, 3.05) is 0 Å². The van der Waals surface area contributed by atoms with Crippen LogP contribution in [-0.2, 0) is 0 Å². The largest absolute Gasteiger partial charge is 0.412 e. The minimum atomic E-state index is -0.00538. The maximum absolute atomic E-state index is 12.2. The lowest BCUT2D eigenvalue weighted by atomic mass is 9.97. The van der Waals surface area contributed by atoms with E-state index in [1.807, 2.05) is 30.5 Å². The van der Waals surface area contributed by atoms with Gasteiger partial charge in [0.2, 0.25) is 0 Å². The number of rotatable bonds is 1. The van der Waals surface area contributed by atoms with E-state index in [0.717, 1.165) is 38.3 Å². The second-order valence-electron chi connectivity index (χ2n) is 5.98. The molecule has 0 amide bonds. The third kappa shape index (κ3) is 2.26. The fourth-order valence-corrected chi connectivity index (χ4v) is 3.46. The second-order valence-corrected chi connectivity index (χ2v) is 5.98. The summed E-state index contributed by atoms with van der Waals surface area (Å²) in [5.41, 5.74) is 3.93. The van der Waals surface area contributed by atoms with Gasteiger partial charge in [-0.25, -0.2) is 0 Å². The third-order valence-corrected chi connectivity index (χ3v) is 4.61. The van der Waals surface area contributed by atoms with Crippen LogP contribution in [-0.4, -0.2) is 20.4 Å². The molecule has 0 unspecified atom stereocenters. The summed E-state index contributed by atoms with van der Waals surface area (Å²) in [6.45, 7) is 0. The number of nitrogens with one attached hydrogen (secondary N) is 1. The lowest BCUT2D eigenvalue weighted by Gasteiger charge is -2.11. The van der Waals surface area contributed by atoms with Gasteiger partial charge in [0.1, 0.15) is 0 Å². The van der Waals surface area contributed by atoms with Crippen LogP contribution in [0.15, 0.2) is 78.1 Å². The number of hydrogen-bond acceptors (Lipinski definition) is 3. The minimum Gasteiger partial charge on any atom is -0.412 e. The molecule has 0 fully saturated rings. The Morgan fingerprint density at radius 2 is 1.58 bits per heavy atom. The molecule has 3 heterocycles. The quantitative estimate of drug-likeness (QED) is 0.473. The van der Waals surface area contributed by atoms with Crippen molar-refractivity contribution < 1.29 is 5.48 Å². The summed E-state index contributed by atoms with van der Waals surface area (Å²) in [5, 5.41) is 3.77. The van der Waals surface area contributed by atoms with E-state index >= 15 is 0 Å². The van der Waals surface area contributed by atoms with Crippen molar-refractivity contribution in [2.45, 2.75) is 0 Å². The van der Waals surface area contributed by atoms with Crippen LogP contribution in [0.25, 0.3) is 43.7 Å². The first kappa shape index (κ1) is 15.9. The Bertz CT molecular complexity index is 1310. The second kappa shape index (κ2) is 6.06. The van der Waals surface area contributed by atoms with E-state index in [2.05, 4.69) is 33.2 Å². The maximum atomic E-state index is 12.2. The van der Waals surface area contributed by atoms with Gasteiger partial charge in [0.05, 0.1) is 11.0 Å². The lowest BCUT2D eigenvalue weighted by Crippen LogP contribution is -2.00. The van der Waals surface area contributed by atoms with Gasteiger partial charge in [-0.3, -0.25) is 14.8 Å². The molecule has 2 aromatic carbocycles. The highest BCUT2D eigenvalue weighted by molar-refractivity contribution is 6.19. The molecule has 0 aliphatic carbocycles. The molecule has 0 spiro atoms. The van der Waals surface area contributed by atoms with Gasteiger partial charge in [-0.1, -0.05) is 18.2 Å². The molecule has 0 atom stereocenters. The molecule has 0 saturated carbocycles. The number of aromatic amines is 1. The summed E-state index contributed by atoms with van der Waals surface area (Å²) in [5.74, 6) is 0. The molecular weight excluding hydrogens is 326 g/mol. The first-order valence-corrected chi connectivity index (χ1v) is 8.05. The average Bonchev–Trinajstić information content (AvgIpc) is 2.68. The first-order valence-electron chi connectivity index (χ1n) is 8.05. The number of nitrogens with zero attached hydrogens (tertiary/aromatic N) is 2. The van der Waals surface area contributed by atoms with Crippen molar-refractivity contribution in [3.8, 4) is 11.1 Å². The van der Waals surface area contributed by atoms with Crippen molar-refractivity contribution >= 4 is 32.6 Å². The Labute approximate surface area is 148 Å². The van der Waals surface area contributed by atoms with E-state index in [1.54, 1.807) is 18.6 Å². The molecule has 5 aromatic rings. The number of fused-ring (bicyclic) bond motifs is 5. The number of benzene rings is 2. The smallest absolute Gasteiger partial charge is 0.189 e. The molecule has 126 valence electrons. The highest BCUT2D eigenvalue weighted by Crippen LogP contribution is 2.33. The monoisotopic (exact) mass is 341 g/mol. The van der Waals surface area contributed by atoms with Crippen molar-refractivity contribution in [3.63, 3.8) is 0 Å². The summed E-state index contributed by atoms with van der Waals surface area (Å²) in [7, 11) is 0. The molecule has 0 aliphatic rings. The molecule has 5 heteroatoms. The fourth-order valence-electron chi connectivity index (χ4n) is 3.46. The zero-order valence-electron chi connectivity index (χ0n) is 13.7. The van der Waals surface area contributed by atoms with Crippen molar-refractivity contribution in [2.24, 2.45) is 0 Å². The van der Waals surface area contributed by atoms with Crippen LogP contribution in [0.5, 0.6) is 0 Å². The van der Waals surface area contributed by atoms with Crippen LogP contribution < -0.4 is 5.43 Å². The number of pyridine rings is 3. The maximum Gasteiger partial charge on any atom is 0.189 e. The zero-order chi connectivity index (χ0) is 16.8. The lowest BCUT2D eigenvalue weighted by molar-refractivity contribution is 0.824. The van der Waals surface area contributed by atoms with Gasteiger partial charge >= 0.3 is 0 Å². The van der Waals surface area contributed by atoms with E-state index in [1.165, 1.54) is 6.07 Å². The number of aromatic nitrogens is 3. The Morgan fingerprint density at radius 3 is 2.38 bits per heavy atom. The Balaban J connectivity index is 0.00000168. The summed E-state index contributed by atoms with van der Waals surface area (Å²) >= 11 is 0. The van der Waals surface area contributed by atoms with Crippen LogP contribution in [0.2, 0.25) is 0 Å². The van der Waals surface area contributed by atoms with Crippen molar-refractivity contribution in [1.29, 1.82) is 0 Å². The molecule has 5 rings (SSSR count). The molecule has 26 heavy (non-hydrogen) atoms. The zero-order valence-corrected chi connectivity index (χ0v) is 13.7. The SMILES string of the molecule is O.O=c1ccnc2c1ccc1ccc3c(-c4ccncc4)cc[nH]c3c12. The van der Waals surface area contributed by atoms with E-state index in [9.17, 15) is 4.79 Å². The summed E-state index contributed by atoms with van der Waals surface area (Å²) in [4.78, 5) is 24.1. The number of H-pyrrole nitrogens is 1. The molecule has 5 nitrogen and oxygen atoms in total. The first-order chi connectivity index (χ1) is 12.3. The Kier molecular flexibility index (Phi) is 3.71. The van der Waals surface area contributed by atoms with Crippen LogP contribution in [0.4, 0.5) is 0 Å². The predicted molar refractivity (Wildman–Crippen MR) is 104 cm³/mol. The fraction of sp³-hybridized carbons (Fsp3) is 0. The third-order valence-electron chi connectivity index (χ3n) is 4.61. The normalized spacial score (nSPS) is 10.9. The molecule has 0 aliphatic heterocycles. The average molecular weight is 341 g/mol. The molecule has 3 N–H and O–H groups in total. The van der Waals surface area contributed by atoms with E-state index in [-0.39, 0.29) is 10.9 Å². The summed E-state index contributed by atoms with van der Waals surface area (Å²) in [6, 6.07) is 15.6. The topological polar surface area (TPSA) is 90.1 Å². The van der Waals surface area contributed by atoms with Crippen LogP contribution >= 0.6 is 0 Å². The van der Waals surface area contributed by atoms with E-state index in [0.29, 0.717) is 5.39 Å². The van der Waals surface area contributed by atoms with Crippen LogP contribution in [0.1, 0.15) is 0 Å². The Morgan fingerprint density at radius 1 is 0.808 bits per heavy atom. The molecule has 0 radical (unpaired) electrons. The minimum absolute atomic E-state index is 0. The standard InChI is InChI=1S/C21H13N3O.H2O/c25-18-8-12-24-21-17(18)4-2-14-1-3-16-15(13-5-9-22-10-6-13)7-11-23-20(16)19(14)21;/h1-12,23H;1H2. The van der Waals surface area contributed by atoms with Crippen LogP contribution in [0.3, 0.4) is 0 Å². The van der Waals surface area contributed by atoms with Gasteiger partial charge in [0.15, 0.2) is 5.43 Å². The predicted octanol–water partition coefficient (Wildman–Crippen LogP) is 3.47. The molecule has 3 aromatic heterocycles. The van der Waals surface area contributed by atoms with Gasteiger partial charge in [0.25, 0.3) is 0 Å². The van der Waals surface area contributed by atoms with Gasteiger partial charge in [-0.05, 0) is 40.8 Å². The highest BCUT2D eigenvalue weighted by atomic mass is 16.1. The van der Waals surface area contributed by atoms with Gasteiger partial charge in [-0.2, -0.15) is 0 Å². The van der Waals surface area contributed by atoms with Crippen molar-refractivity contribution in [3.05, 3.63) is 83.5 Å².